The largest absolute Gasteiger partial charge is 0.494 e. The molecule has 0 amide bonds. The molecule has 0 radical (unpaired) electrons. The fourth-order valence-electron chi connectivity index (χ4n) is 1.74. The quantitative estimate of drug-likeness (QED) is 0.763. The van der Waals surface area contributed by atoms with Crippen molar-refractivity contribution in [1.29, 1.82) is 0 Å². The molecule has 0 spiro atoms. The van der Waals surface area contributed by atoms with Gasteiger partial charge in [-0.15, -0.1) is 0 Å². The van der Waals surface area contributed by atoms with E-state index in [1.54, 1.807) is 24.3 Å². The van der Waals surface area contributed by atoms with Gasteiger partial charge in [-0.1, -0.05) is 0 Å². The van der Waals surface area contributed by atoms with Crippen molar-refractivity contribution in [1.82, 2.24) is 0 Å². The number of hydrogen-bond donors (Lipinski definition) is 0. The van der Waals surface area contributed by atoms with Gasteiger partial charge in [-0.3, -0.25) is 4.79 Å². The molecule has 0 N–H and O–H groups in total. The number of ether oxygens (including phenoxy) is 2. The predicted octanol–water partition coefficient (Wildman–Crippen LogP) is 3.63. The molecule has 0 atom stereocenters. The van der Waals surface area contributed by atoms with E-state index in [1.807, 2.05) is 6.92 Å². The van der Waals surface area contributed by atoms with Gasteiger partial charge < -0.3 is 9.47 Å². The first kappa shape index (κ1) is 15.0. The third-order valence-electron chi connectivity index (χ3n) is 2.74. The van der Waals surface area contributed by atoms with Crippen molar-refractivity contribution in [2.75, 3.05) is 13.2 Å². The van der Waals surface area contributed by atoms with Crippen LogP contribution in [0.4, 0.5) is 8.78 Å². The number of benzene rings is 2. The van der Waals surface area contributed by atoms with Crippen LogP contribution < -0.4 is 9.47 Å². The highest BCUT2D eigenvalue weighted by Gasteiger charge is 2.13. The Morgan fingerprint density at radius 3 is 2.19 bits per heavy atom. The minimum atomic E-state index is -0.893. The summed E-state index contributed by atoms with van der Waals surface area (Å²) in [6.07, 6.45) is 0. The Kier molecular flexibility index (Phi) is 4.87. The lowest BCUT2D eigenvalue weighted by Crippen LogP contribution is -2.13. The Hall–Kier alpha value is -2.43. The fourth-order valence-corrected chi connectivity index (χ4v) is 1.74. The zero-order chi connectivity index (χ0) is 15.2. The molecule has 2 rings (SSSR count). The van der Waals surface area contributed by atoms with Crippen LogP contribution in [0.15, 0.2) is 42.5 Å². The number of halogens is 2. The third-order valence-corrected chi connectivity index (χ3v) is 2.74. The molecule has 0 aliphatic heterocycles. The Balaban J connectivity index is 1.97. The van der Waals surface area contributed by atoms with E-state index in [1.165, 1.54) is 0 Å². The van der Waals surface area contributed by atoms with Gasteiger partial charge in [-0.25, -0.2) is 8.78 Å². The number of ketones is 1. The van der Waals surface area contributed by atoms with E-state index in [9.17, 15) is 13.6 Å². The van der Waals surface area contributed by atoms with Gasteiger partial charge in [-0.2, -0.15) is 0 Å². The molecule has 0 bridgehead atoms. The average Bonchev–Trinajstić information content (AvgIpc) is 2.46. The third kappa shape index (κ3) is 4.02. The van der Waals surface area contributed by atoms with Crippen LogP contribution in [0.25, 0.3) is 0 Å². The predicted molar refractivity (Wildman–Crippen MR) is 73.8 cm³/mol. The van der Waals surface area contributed by atoms with Gasteiger partial charge in [-0.05, 0) is 43.3 Å². The second kappa shape index (κ2) is 6.83. The van der Waals surface area contributed by atoms with E-state index in [0.29, 0.717) is 24.2 Å². The van der Waals surface area contributed by atoms with Gasteiger partial charge >= 0.3 is 0 Å². The van der Waals surface area contributed by atoms with Crippen LogP contribution in [-0.4, -0.2) is 19.0 Å². The molecule has 0 aromatic heterocycles. The maximum absolute atomic E-state index is 13.4. The molecule has 2 aromatic rings. The van der Waals surface area contributed by atoms with Crippen LogP contribution in [0.2, 0.25) is 0 Å². The van der Waals surface area contributed by atoms with Crippen LogP contribution in [0, 0.1) is 11.6 Å². The SMILES string of the molecule is CCOc1ccc(OCC(=O)c2ccc(F)cc2F)cc1. The molecule has 0 aliphatic rings. The first-order chi connectivity index (χ1) is 10.1. The van der Waals surface area contributed by atoms with Gasteiger partial charge in [0.1, 0.15) is 23.1 Å². The summed E-state index contributed by atoms with van der Waals surface area (Å²) in [6.45, 7) is 2.11. The second-order valence-corrected chi connectivity index (χ2v) is 4.24. The van der Waals surface area contributed by atoms with Crippen LogP contribution in [-0.2, 0) is 0 Å². The summed E-state index contributed by atoms with van der Waals surface area (Å²) in [7, 11) is 0. The lowest BCUT2D eigenvalue weighted by Gasteiger charge is -2.07. The molecule has 3 nitrogen and oxygen atoms in total. The Labute approximate surface area is 121 Å². The molecule has 0 fully saturated rings. The molecule has 110 valence electrons. The lowest BCUT2D eigenvalue weighted by atomic mass is 10.1. The summed E-state index contributed by atoms with van der Waals surface area (Å²) in [5.41, 5.74) is -0.192. The van der Waals surface area contributed by atoms with E-state index in [0.717, 1.165) is 12.1 Å². The first-order valence-electron chi connectivity index (χ1n) is 6.44. The molecule has 0 saturated heterocycles. The van der Waals surface area contributed by atoms with Crippen LogP contribution in [0.5, 0.6) is 11.5 Å². The van der Waals surface area contributed by atoms with Crippen molar-refractivity contribution in [3.63, 3.8) is 0 Å². The first-order valence-corrected chi connectivity index (χ1v) is 6.44. The van der Waals surface area contributed by atoms with Crippen molar-refractivity contribution < 1.29 is 23.0 Å². The van der Waals surface area contributed by atoms with Crippen molar-refractivity contribution in [2.45, 2.75) is 6.92 Å². The van der Waals surface area contributed by atoms with Crippen LogP contribution in [0.3, 0.4) is 0 Å². The molecule has 21 heavy (non-hydrogen) atoms. The van der Waals surface area contributed by atoms with Crippen molar-refractivity contribution in [3.05, 3.63) is 59.7 Å². The van der Waals surface area contributed by atoms with Gasteiger partial charge in [0.2, 0.25) is 5.78 Å². The van der Waals surface area contributed by atoms with Crippen molar-refractivity contribution in [3.8, 4) is 11.5 Å². The maximum Gasteiger partial charge on any atom is 0.203 e. The molecule has 2 aromatic carbocycles. The molecule has 0 aliphatic carbocycles. The Bertz CT molecular complexity index is 624. The van der Waals surface area contributed by atoms with E-state index in [2.05, 4.69) is 0 Å². The van der Waals surface area contributed by atoms with Gasteiger partial charge in [0.05, 0.1) is 12.2 Å². The monoisotopic (exact) mass is 292 g/mol. The molecular weight excluding hydrogens is 278 g/mol. The number of carbonyl (C=O) groups excluding carboxylic acids is 1. The average molecular weight is 292 g/mol. The minimum absolute atomic E-state index is 0.192. The van der Waals surface area contributed by atoms with E-state index in [-0.39, 0.29) is 12.2 Å². The van der Waals surface area contributed by atoms with Crippen molar-refractivity contribution >= 4 is 5.78 Å². The van der Waals surface area contributed by atoms with Gasteiger partial charge in [0.15, 0.2) is 6.61 Å². The molecule has 0 heterocycles. The highest BCUT2D eigenvalue weighted by Crippen LogP contribution is 2.18. The summed E-state index contributed by atoms with van der Waals surface area (Å²) >= 11 is 0. The van der Waals surface area contributed by atoms with E-state index < -0.39 is 17.4 Å². The van der Waals surface area contributed by atoms with Gasteiger partial charge in [0, 0.05) is 6.07 Å². The highest BCUT2D eigenvalue weighted by atomic mass is 19.1. The zero-order valence-electron chi connectivity index (χ0n) is 11.4. The number of carbonyl (C=O) groups is 1. The zero-order valence-corrected chi connectivity index (χ0v) is 11.4. The van der Waals surface area contributed by atoms with Crippen molar-refractivity contribution in [2.24, 2.45) is 0 Å². The van der Waals surface area contributed by atoms with Gasteiger partial charge in [0.25, 0.3) is 0 Å². The van der Waals surface area contributed by atoms with E-state index >= 15 is 0 Å². The topological polar surface area (TPSA) is 35.5 Å². The standard InChI is InChI=1S/C16H14F2O3/c1-2-20-12-4-6-13(7-5-12)21-10-16(19)14-8-3-11(17)9-15(14)18/h3-9H,2,10H2,1H3. The molecular formula is C16H14F2O3. The van der Waals surface area contributed by atoms with Crippen LogP contribution in [0.1, 0.15) is 17.3 Å². The Morgan fingerprint density at radius 1 is 1.00 bits per heavy atom. The number of Topliss-reactive ketones (excluding diaryl/α,β-unsaturated/α-hetero) is 1. The molecule has 0 saturated carbocycles. The summed E-state index contributed by atoms with van der Waals surface area (Å²) < 4.78 is 36.7. The molecule has 0 unspecified atom stereocenters. The highest BCUT2D eigenvalue weighted by molar-refractivity contribution is 5.97. The minimum Gasteiger partial charge on any atom is -0.494 e. The van der Waals surface area contributed by atoms with E-state index in [4.69, 9.17) is 9.47 Å². The summed E-state index contributed by atoms with van der Waals surface area (Å²) in [5.74, 6) is -1.01. The lowest BCUT2D eigenvalue weighted by molar-refractivity contribution is 0.0917. The van der Waals surface area contributed by atoms with Crippen LogP contribution >= 0.6 is 0 Å². The molecule has 5 heteroatoms. The fraction of sp³-hybridized carbons (Fsp3) is 0.188. The number of hydrogen-bond acceptors (Lipinski definition) is 3. The summed E-state index contributed by atoms with van der Waals surface area (Å²) in [4.78, 5) is 11.8. The Morgan fingerprint density at radius 2 is 1.62 bits per heavy atom. The number of rotatable bonds is 6. The summed E-state index contributed by atoms with van der Waals surface area (Å²) in [6, 6.07) is 9.54. The normalized spacial score (nSPS) is 10.2. The smallest absolute Gasteiger partial charge is 0.203 e. The summed E-state index contributed by atoms with van der Waals surface area (Å²) in [5, 5.41) is 0. The second-order valence-electron chi connectivity index (χ2n) is 4.24. The maximum atomic E-state index is 13.4.